The molecule has 8 nitrogen and oxygen atoms in total. The summed E-state index contributed by atoms with van der Waals surface area (Å²) in [6.45, 7) is 7.58. The number of benzene rings is 1. The first kappa shape index (κ1) is 21.2. The number of carbonyl (C=O) groups is 1. The third-order valence-corrected chi connectivity index (χ3v) is 5.79. The van der Waals surface area contributed by atoms with Gasteiger partial charge in [-0.25, -0.2) is 9.36 Å². The first-order valence-electron chi connectivity index (χ1n) is 10.9. The van der Waals surface area contributed by atoms with E-state index in [1.807, 2.05) is 45.0 Å². The molecular weight excluding hydrogens is 394 g/mol. The van der Waals surface area contributed by atoms with Crippen LogP contribution in [0, 0.1) is 20.8 Å². The average Bonchev–Trinajstić information content (AvgIpc) is 3.39. The highest BCUT2D eigenvalue weighted by molar-refractivity contribution is 5.83. The number of aryl methyl sites for hydroxylation is 4. The molecule has 1 saturated heterocycles. The van der Waals surface area contributed by atoms with E-state index in [2.05, 4.69) is 15.5 Å². The minimum atomic E-state index is -0.227. The second-order valence-corrected chi connectivity index (χ2v) is 8.21. The third kappa shape index (κ3) is 4.54. The third-order valence-electron chi connectivity index (χ3n) is 5.79. The van der Waals surface area contributed by atoms with Crippen LogP contribution in [0.5, 0.6) is 0 Å². The van der Waals surface area contributed by atoms with Gasteiger partial charge in [0.15, 0.2) is 5.52 Å². The van der Waals surface area contributed by atoms with Crippen LogP contribution >= 0.6 is 0 Å². The summed E-state index contributed by atoms with van der Waals surface area (Å²) in [4.78, 5) is 25.1. The molecule has 1 unspecified atom stereocenters. The normalized spacial score (nSPS) is 16.2. The van der Waals surface area contributed by atoms with Crippen LogP contribution in [0.15, 0.2) is 29.1 Å². The fourth-order valence-electron chi connectivity index (χ4n) is 4.08. The summed E-state index contributed by atoms with van der Waals surface area (Å²) in [5.74, 6) is -0.0270. The highest BCUT2D eigenvalue weighted by Crippen LogP contribution is 2.21. The lowest BCUT2D eigenvalue weighted by molar-refractivity contribution is -0.121. The van der Waals surface area contributed by atoms with Crippen LogP contribution in [0.4, 0.5) is 0 Å². The van der Waals surface area contributed by atoms with Crippen LogP contribution in [0.1, 0.15) is 42.6 Å². The predicted octanol–water partition coefficient (Wildman–Crippen LogP) is 2.58. The zero-order chi connectivity index (χ0) is 22.0. The Bertz CT molecular complexity index is 1140. The number of nitrogens with zero attached hydrogens (tertiary/aromatic N) is 4. The van der Waals surface area contributed by atoms with E-state index >= 15 is 0 Å². The molecular formula is C23H29N5O3. The van der Waals surface area contributed by atoms with Gasteiger partial charge in [-0.1, -0.05) is 17.7 Å². The van der Waals surface area contributed by atoms with Crippen molar-refractivity contribution in [2.45, 2.75) is 59.1 Å². The molecule has 31 heavy (non-hydrogen) atoms. The second-order valence-electron chi connectivity index (χ2n) is 8.21. The number of amides is 1. The molecule has 4 rings (SSSR count). The smallest absolute Gasteiger partial charge is 0.295 e. The van der Waals surface area contributed by atoms with Crippen LogP contribution in [0.3, 0.4) is 0 Å². The van der Waals surface area contributed by atoms with Crippen molar-refractivity contribution in [2.24, 2.45) is 0 Å². The number of aromatic nitrogens is 4. The van der Waals surface area contributed by atoms with E-state index < -0.39 is 0 Å². The standard InChI is InChI=1S/C23H29N5O3/c1-15-8-10-18(11-9-15)28-17(3)21-16(2)25-27(23(30)22(21)26-28)12-4-7-20(29)24-14-19-6-5-13-31-19/h8-11,19H,4-7,12-14H2,1-3H3,(H,24,29). The van der Waals surface area contributed by atoms with Crippen molar-refractivity contribution in [1.29, 1.82) is 0 Å². The van der Waals surface area contributed by atoms with Gasteiger partial charge >= 0.3 is 0 Å². The van der Waals surface area contributed by atoms with Crippen LogP contribution in [0.25, 0.3) is 16.6 Å². The Morgan fingerprint density at radius 3 is 2.68 bits per heavy atom. The summed E-state index contributed by atoms with van der Waals surface area (Å²) in [7, 11) is 0. The maximum atomic E-state index is 13.0. The molecule has 1 aliphatic rings. The lowest BCUT2D eigenvalue weighted by atomic mass is 10.2. The van der Waals surface area contributed by atoms with Crippen molar-refractivity contribution in [3.63, 3.8) is 0 Å². The molecule has 1 aliphatic heterocycles. The van der Waals surface area contributed by atoms with E-state index in [1.165, 1.54) is 4.68 Å². The molecule has 1 N–H and O–H groups in total. The highest BCUT2D eigenvalue weighted by Gasteiger charge is 2.18. The van der Waals surface area contributed by atoms with Crippen LogP contribution < -0.4 is 10.9 Å². The topological polar surface area (TPSA) is 91.0 Å². The van der Waals surface area contributed by atoms with Crippen molar-refractivity contribution in [3.8, 4) is 5.69 Å². The molecule has 1 amide bonds. The van der Waals surface area contributed by atoms with E-state index in [0.717, 1.165) is 47.5 Å². The molecule has 0 bridgehead atoms. The molecule has 0 aliphatic carbocycles. The Labute approximate surface area is 181 Å². The molecule has 1 atom stereocenters. The zero-order valence-corrected chi connectivity index (χ0v) is 18.4. The molecule has 8 heteroatoms. The fourth-order valence-corrected chi connectivity index (χ4v) is 4.08. The van der Waals surface area contributed by atoms with Gasteiger partial charge in [-0.15, -0.1) is 0 Å². The largest absolute Gasteiger partial charge is 0.376 e. The molecule has 0 spiro atoms. The summed E-state index contributed by atoms with van der Waals surface area (Å²) in [6, 6.07) is 8.03. The number of hydrogen-bond donors (Lipinski definition) is 1. The van der Waals surface area contributed by atoms with Gasteiger partial charge in [0, 0.05) is 26.1 Å². The summed E-state index contributed by atoms with van der Waals surface area (Å²) < 4.78 is 8.74. The number of nitrogens with one attached hydrogen (secondary N) is 1. The molecule has 1 fully saturated rings. The van der Waals surface area contributed by atoms with Crippen LogP contribution in [0.2, 0.25) is 0 Å². The van der Waals surface area contributed by atoms with Gasteiger partial charge < -0.3 is 10.1 Å². The predicted molar refractivity (Wildman–Crippen MR) is 119 cm³/mol. The maximum absolute atomic E-state index is 13.0. The molecule has 164 valence electrons. The van der Waals surface area contributed by atoms with Gasteiger partial charge in [0.2, 0.25) is 5.91 Å². The lowest BCUT2D eigenvalue weighted by Crippen LogP contribution is -2.32. The van der Waals surface area contributed by atoms with Crippen LogP contribution in [-0.2, 0) is 16.1 Å². The number of carbonyl (C=O) groups excluding carboxylic acids is 1. The molecule has 3 aromatic rings. The van der Waals surface area contributed by atoms with E-state index in [9.17, 15) is 9.59 Å². The quantitative estimate of drug-likeness (QED) is 0.631. The Balaban J connectivity index is 1.47. The van der Waals surface area contributed by atoms with Gasteiger partial charge in [-0.3, -0.25) is 9.59 Å². The summed E-state index contributed by atoms with van der Waals surface area (Å²) in [5.41, 5.74) is 3.91. The summed E-state index contributed by atoms with van der Waals surface area (Å²) in [5, 5.41) is 12.8. The Morgan fingerprint density at radius 1 is 1.19 bits per heavy atom. The Hall–Kier alpha value is -3.00. The van der Waals surface area contributed by atoms with Gasteiger partial charge in [-0.05, 0) is 52.2 Å². The average molecular weight is 424 g/mol. The van der Waals surface area contributed by atoms with Crippen molar-refractivity contribution in [3.05, 3.63) is 51.6 Å². The van der Waals surface area contributed by atoms with Crippen LogP contribution in [-0.4, -0.2) is 44.7 Å². The monoisotopic (exact) mass is 423 g/mol. The number of ether oxygens (including phenoxy) is 1. The Morgan fingerprint density at radius 2 is 1.97 bits per heavy atom. The van der Waals surface area contributed by atoms with E-state index in [-0.39, 0.29) is 17.6 Å². The van der Waals surface area contributed by atoms with Gasteiger partial charge in [0.05, 0.1) is 28.6 Å². The van der Waals surface area contributed by atoms with E-state index in [1.54, 1.807) is 4.68 Å². The number of fused-ring (bicyclic) bond motifs is 1. The van der Waals surface area contributed by atoms with Crippen molar-refractivity contribution in [1.82, 2.24) is 24.9 Å². The summed E-state index contributed by atoms with van der Waals surface area (Å²) in [6.07, 6.45) is 3.05. The molecule has 1 aromatic carbocycles. The first-order valence-corrected chi connectivity index (χ1v) is 10.9. The molecule has 0 saturated carbocycles. The van der Waals surface area contributed by atoms with E-state index in [0.29, 0.717) is 31.4 Å². The minimum Gasteiger partial charge on any atom is -0.376 e. The van der Waals surface area contributed by atoms with Crippen molar-refractivity contribution >= 4 is 16.8 Å². The lowest BCUT2D eigenvalue weighted by Gasteiger charge is -2.11. The fraction of sp³-hybridized carbons (Fsp3) is 0.478. The molecule has 2 aromatic heterocycles. The van der Waals surface area contributed by atoms with Crippen molar-refractivity contribution in [2.75, 3.05) is 13.2 Å². The Kier molecular flexibility index (Phi) is 6.18. The first-order chi connectivity index (χ1) is 14.9. The second kappa shape index (κ2) is 9.01. The summed E-state index contributed by atoms with van der Waals surface area (Å²) >= 11 is 0. The maximum Gasteiger partial charge on any atom is 0.295 e. The number of hydrogen-bond acceptors (Lipinski definition) is 5. The molecule has 3 heterocycles. The van der Waals surface area contributed by atoms with E-state index in [4.69, 9.17) is 4.74 Å². The number of rotatable bonds is 7. The molecule has 0 radical (unpaired) electrons. The van der Waals surface area contributed by atoms with Gasteiger partial charge in [-0.2, -0.15) is 10.2 Å². The van der Waals surface area contributed by atoms with Gasteiger partial charge in [0.1, 0.15) is 0 Å². The SMILES string of the molecule is Cc1ccc(-n2nc3c(=O)n(CCCC(=O)NCC4CCCO4)nc(C)c3c2C)cc1. The zero-order valence-electron chi connectivity index (χ0n) is 18.4. The minimum absolute atomic E-state index is 0.0270. The van der Waals surface area contributed by atoms with Gasteiger partial charge in [0.25, 0.3) is 5.56 Å². The van der Waals surface area contributed by atoms with Crippen molar-refractivity contribution < 1.29 is 9.53 Å². The highest BCUT2D eigenvalue weighted by atomic mass is 16.5.